The number of para-hydroxylation sites is 1. The molecule has 0 fully saturated rings. The van der Waals surface area contributed by atoms with Gasteiger partial charge in [0.05, 0.1) is 16.4 Å². The molecule has 2 heterocycles. The molecule has 1 aromatic carbocycles. The molecule has 0 aliphatic rings. The van der Waals surface area contributed by atoms with E-state index in [-0.39, 0.29) is 5.95 Å². The second-order valence-corrected chi connectivity index (χ2v) is 6.20. The van der Waals surface area contributed by atoms with E-state index in [9.17, 15) is 0 Å². The van der Waals surface area contributed by atoms with E-state index in [4.69, 9.17) is 10.5 Å². The molecule has 7 heteroatoms. The van der Waals surface area contributed by atoms with Gasteiger partial charge in [-0.15, -0.1) is 11.3 Å². The minimum atomic E-state index is 0.233. The first-order valence-electron chi connectivity index (χ1n) is 7.60. The Morgan fingerprint density at radius 3 is 2.96 bits per heavy atom. The minimum absolute atomic E-state index is 0.233. The van der Waals surface area contributed by atoms with Gasteiger partial charge in [0.15, 0.2) is 11.6 Å². The minimum Gasteiger partial charge on any atom is -0.481 e. The highest BCUT2D eigenvalue weighted by atomic mass is 32.1. The highest BCUT2D eigenvalue weighted by Crippen LogP contribution is 2.26. The quantitative estimate of drug-likeness (QED) is 0.646. The molecule has 0 atom stereocenters. The van der Waals surface area contributed by atoms with Crippen molar-refractivity contribution in [2.45, 2.75) is 26.4 Å². The van der Waals surface area contributed by atoms with E-state index in [1.807, 2.05) is 18.2 Å². The Hall–Kier alpha value is -2.41. The van der Waals surface area contributed by atoms with Gasteiger partial charge < -0.3 is 15.8 Å². The van der Waals surface area contributed by atoms with Gasteiger partial charge in [-0.05, 0) is 18.6 Å². The predicted octanol–water partition coefficient (Wildman–Crippen LogP) is 3.46. The molecule has 23 heavy (non-hydrogen) atoms. The highest BCUT2D eigenvalue weighted by molar-refractivity contribution is 7.18. The summed E-state index contributed by atoms with van der Waals surface area (Å²) in [7, 11) is 0. The SMILES string of the molecule is CCCCNc1nc(N)ncc1OCc1nc2ccccc2s1. The second-order valence-electron chi connectivity index (χ2n) is 5.09. The Morgan fingerprint density at radius 1 is 1.26 bits per heavy atom. The number of fused-ring (bicyclic) bond motifs is 1. The van der Waals surface area contributed by atoms with Gasteiger partial charge in [0.1, 0.15) is 11.6 Å². The first-order chi connectivity index (χ1) is 11.3. The summed E-state index contributed by atoms with van der Waals surface area (Å²) in [6.07, 6.45) is 3.76. The Kier molecular flexibility index (Phi) is 4.87. The highest BCUT2D eigenvalue weighted by Gasteiger charge is 2.09. The number of anilines is 2. The average Bonchev–Trinajstić information content (AvgIpc) is 2.97. The number of hydrogen-bond donors (Lipinski definition) is 2. The van der Waals surface area contributed by atoms with E-state index in [0.29, 0.717) is 18.2 Å². The first-order valence-corrected chi connectivity index (χ1v) is 8.41. The Bertz CT molecular complexity index is 756. The average molecular weight is 329 g/mol. The predicted molar refractivity (Wildman–Crippen MR) is 93.8 cm³/mol. The number of unbranched alkanes of at least 4 members (excludes halogenated alkanes) is 1. The van der Waals surface area contributed by atoms with Crippen LogP contribution in [0.4, 0.5) is 11.8 Å². The van der Waals surface area contributed by atoms with Crippen LogP contribution in [0.5, 0.6) is 5.75 Å². The van der Waals surface area contributed by atoms with Crippen LogP contribution in [0.1, 0.15) is 24.8 Å². The monoisotopic (exact) mass is 329 g/mol. The van der Waals surface area contributed by atoms with Crippen molar-refractivity contribution in [1.82, 2.24) is 15.0 Å². The lowest BCUT2D eigenvalue weighted by Gasteiger charge is -2.11. The number of thiazole rings is 1. The molecule has 0 spiro atoms. The topological polar surface area (TPSA) is 86.0 Å². The number of nitrogen functional groups attached to an aromatic ring is 1. The molecule has 0 saturated carbocycles. The summed E-state index contributed by atoms with van der Waals surface area (Å²) in [5.41, 5.74) is 6.65. The summed E-state index contributed by atoms with van der Waals surface area (Å²) in [5, 5.41) is 4.16. The maximum absolute atomic E-state index is 5.84. The van der Waals surface area contributed by atoms with E-state index in [0.717, 1.165) is 34.6 Å². The number of nitrogens with two attached hydrogens (primary N) is 1. The van der Waals surface area contributed by atoms with Gasteiger partial charge in [-0.25, -0.2) is 9.97 Å². The van der Waals surface area contributed by atoms with Crippen molar-refractivity contribution in [2.24, 2.45) is 0 Å². The van der Waals surface area contributed by atoms with E-state index in [1.165, 1.54) is 0 Å². The van der Waals surface area contributed by atoms with Gasteiger partial charge in [-0.3, -0.25) is 0 Å². The van der Waals surface area contributed by atoms with Gasteiger partial charge >= 0.3 is 0 Å². The van der Waals surface area contributed by atoms with Crippen LogP contribution in [-0.4, -0.2) is 21.5 Å². The standard InChI is InChI=1S/C16H19N5OS/c1-2-3-8-18-15-12(9-19-16(17)21-15)22-10-14-20-11-6-4-5-7-13(11)23-14/h4-7,9H,2-3,8,10H2,1H3,(H3,17,18,19,21). The molecule has 3 aromatic rings. The van der Waals surface area contributed by atoms with Crippen molar-refractivity contribution in [3.8, 4) is 5.75 Å². The first kappa shape index (κ1) is 15.5. The molecule has 0 unspecified atom stereocenters. The zero-order valence-electron chi connectivity index (χ0n) is 13.0. The molecular formula is C16H19N5OS. The number of aromatic nitrogens is 3. The fraction of sp³-hybridized carbons (Fsp3) is 0.312. The Labute approximate surface area is 138 Å². The van der Waals surface area contributed by atoms with Gasteiger partial charge in [0.2, 0.25) is 5.95 Å². The third-order valence-corrected chi connectivity index (χ3v) is 4.30. The maximum Gasteiger partial charge on any atom is 0.222 e. The van der Waals surface area contributed by atoms with Crippen LogP contribution in [0.25, 0.3) is 10.2 Å². The molecule has 0 aliphatic heterocycles. The van der Waals surface area contributed by atoms with Crippen molar-refractivity contribution in [3.63, 3.8) is 0 Å². The van der Waals surface area contributed by atoms with E-state index >= 15 is 0 Å². The number of nitrogens with zero attached hydrogens (tertiary/aromatic N) is 3. The fourth-order valence-electron chi connectivity index (χ4n) is 2.12. The van der Waals surface area contributed by atoms with Crippen LogP contribution < -0.4 is 15.8 Å². The third-order valence-electron chi connectivity index (χ3n) is 3.29. The van der Waals surface area contributed by atoms with Crippen LogP contribution in [0, 0.1) is 0 Å². The van der Waals surface area contributed by atoms with Gasteiger partial charge in [-0.1, -0.05) is 25.5 Å². The summed E-state index contributed by atoms with van der Waals surface area (Å²) in [5.74, 6) is 1.46. The molecular weight excluding hydrogens is 310 g/mol. The van der Waals surface area contributed by atoms with Crippen molar-refractivity contribution >= 4 is 33.3 Å². The third kappa shape index (κ3) is 3.87. The molecule has 120 valence electrons. The van der Waals surface area contributed by atoms with Crippen molar-refractivity contribution < 1.29 is 4.74 Å². The molecule has 2 aromatic heterocycles. The normalized spacial score (nSPS) is 10.8. The number of ether oxygens (including phenoxy) is 1. The van der Waals surface area contributed by atoms with Crippen LogP contribution in [0.15, 0.2) is 30.5 Å². The van der Waals surface area contributed by atoms with Gasteiger partial charge in [0.25, 0.3) is 0 Å². The molecule has 0 bridgehead atoms. The lowest BCUT2D eigenvalue weighted by atomic mass is 10.3. The van der Waals surface area contributed by atoms with Gasteiger partial charge in [-0.2, -0.15) is 4.98 Å². The molecule has 3 N–H and O–H groups in total. The summed E-state index contributed by atoms with van der Waals surface area (Å²) in [4.78, 5) is 12.8. The molecule has 0 amide bonds. The number of benzene rings is 1. The zero-order chi connectivity index (χ0) is 16.1. The van der Waals surface area contributed by atoms with Crippen LogP contribution in [0.2, 0.25) is 0 Å². The largest absolute Gasteiger partial charge is 0.481 e. The van der Waals surface area contributed by atoms with Crippen LogP contribution in [0.3, 0.4) is 0 Å². The van der Waals surface area contributed by atoms with Crippen molar-refractivity contribution in [1.29, 1.82) is 0 Å². The fourth-order valence-corrected chi connectivity index (χ4v) is 3.00. The lowest BCUT2D eigenvalue weighted by Crippen LogP contribution is -2.08. The van der Waals surface area contributed by atoms with Crippen LogP contribution in [-0.2, 0) is 6.61 Å². The molecule has 6 nitrogen and oxygen atoms in total. The Balaban J connectivity index is 1.71. The van der Waals surface area contributed by atoms with E-state index in [2.05, 4.69) is 33.3 Å². The molecule has 0 saturated heterocycles. The lowest BCUT2D eigenvalue weighted by molar-refractivity contribution is 0.305. The Morgan fingerprint density at radius 2 is 2.13 bits per heavy atom. The smallest absolute Gasteiger partial charge is 0.222 e. The molecule has 0 radical (unpaired) electrons. The van der Waals surface area contributed by atoms with Crippen LogP contribution >= 0.6 is 11.3 Å². The summed E-state index contributed by atoms with van der Waals surface area (Å²) < 4.78 is 7.00. The van der Waals surface area contributed by atoms with Gasteiger partial charge in [0, 0.05) is 6.54 Å². The molecule has 0 aliphatic carbocycles. The maximum atomic E-state index is 5.84. The summed E-state index contributed by atoms with van der Waals surface area (Å²) in [6.45, 7) is 3.35. The summed E-state index contributed by atoms with van der Waals surface area (Å²) >= 11 is 1.62. The van der Waals surface area contributed by atoms with E-state index in [1.54, 1.807) is 17.5 Å². The second kappa shape index (κ2) is 7.23. The number of nitrogens with one attached hydrogen (secondary N) is 1. The van der Waals surface area contributed by atoms with Crippen molar-refractivity contribution in [2.75, 3.05) is 17.6 Å². The molecule has 3 rings (SSSR count). The van der Waals surface area contributed by atoms with E-state index < -0.39 is 0 Å². The zero-order valence-corrected chi connectivity index (χ0v) is 13.8. The summed E-state index contributed by atoms with van der Waals surface area (Å²) in [6, 6.07) is 8.05. The number of hydrogen-bond acceptors (Lipinski definition) is 7. The van der Waals surface area contributed by atoms with Crippen molar-refractivity contribution in [3.05, 3.63) is 35.5 Å². The number of rotatable bonds is 7.